The van der Waals surface area contributed by atoms with Gasteiger partial charge in [-0.1, -0.05) is 60.2 Å². The van der Waals surface area contributed by atoms with Crippen LogP contribution in [0.5, 0.6) is 0 Å². The number of carbonyl (C=O) groups is 2. The molecule has 1 atom stereocenters. The fourth-order valence-electron chi connectivity index (χ4n) is 2.19. The first-order chi connectivity index (χ1) is 10.5. The van der Waals surface area contributed by atoms with Crippen LogP contribution >= 0.6 is 0 Å². The van der Waals surface area contributed by atoms with Gasteiger partial charge < -0.3 is 10.4 Å². The van der Waals surface area contributed by atoms with E-state index in [9.17, 15) is 14.7 Å². The van der Waals surface area contributed by atoms with E-state index in [1.165, 1.54) is 0 Å². The fourth-order valence-corrected chi connectivity index (χ4v) is 2.19. The van der Waals surface area contributed by atoms with Gasteiger partial charge in [0.05, 0.1) is 6.42 Å². The number of aryl methyl sites for hydroxylation is 1. The standard InChI is InChI=1S/C18H19NO3/c1-13-7-9-15(10-8-13)11-16(18(21)22)19-17(20)12-14-5-3-2-4-6-14/h2-10,16H,11-12H2,1H3,(H,19,20)(H,21,22)/t16-/m0/s1. The molecule has 2 N–H and O–H groups in total. The number of amides is 1. The number of benzene rings is 2. The van der Waals surface area contributed by atoms with E-state index in [-0.39, 0.29) is 18.7 Å². The highest BCUT2D eigenvalue weighted by Gasteiger charge is 2.20. The van der Waals surface area contributed by atoms with Gasteiger partial charge in [0.2, 0.25) is 5.91 Å². The van der Waals surface area contributed by atoms with E-state index in [0.717, 1.165) is 16.7 Å². The Morgan fingerprint density at radius 2 is 1.64 bits per heavy atom. The lowest BCUT2D eigenvalue weighted by atomic mass is 10.0. The molecule has 22 heavy (non-hydrogen) atoms. The quantitative estimate of drug-likeness (QED) is 0.860. The minimum absolute atomic E-state index is 0.179. The van der Waals surface area contributed by atoms with Crippen LogP contribution in [-0.4, -0.2) is 23.0 Å². The van der Waals surface area contributed by atoms with Crippen LogP contribution in [-0.2, 0) is 22.4 Å². The van der Waals surface area contributed by atoms with Gasteiger partial charge in [-0.2, -0.15) is 0 Å². The number of hydrogen-bond acceptors (Lipinski definition) is 2. The highest BCUT2D eigenvalue weighted by molar-refractivity contribution is 5.85. The first kappa shape index (κ1) is 15.8. The summed E-state index contributed by atoms with van der Waals surface area (Å²) in [5.74, 6) is -1.31. The zero-order valence-corrected chi connectivity index (χ0v) is 12.5. The van der Waals surface area contributed by atoms with Crippen LogP contribution in [0.15, 0.2) is 54.6 Å². The maximum Gasteiger partial charge on any atom is 0.326 e. The minimum Gasteiger partial charge on any atom is -0.480 e. The molecule has 0 fully saturated rings. The van der Waals surface area contributed by atoms with Crippen LogP contribution in [0.4, 0.5) is 0 Å². The lowest BCUT2D eigenvalue weighted by molar-refractivity contribution is -0.141. The SMILES string of the molecule is Cc1ccc(C[C@H](NC(=O)Cc2ccccc2)C(=O)O)cc1. The van der Waals surface area contributed by atoms with Gasteiger partial charge in [-0.05, 0) is 18.1 Å². The Bertz CT molecular complexity index is 635. The van der Waals surface area contributed by atoms with Crippen molar-refractivity contribution in [2.24, 2.45) is 0 Å². The minimum atomic E-state index is -1.03. The first-order valence-electron chi connectivity index (χ1n) is 7.16. The van der Waals surface area contributed by atoms with E-state index in [1.54, 1.807) is 0 Å². The van der Waals surface area contributed by atoms with Crippen molar-refractivity contribution in [1.82, 2.24) is 5.32 Å². The smallest absolute Gasteiger partial charge is 0.326 e. The van der Waals surface area contributed by atoms with Crippen LogP contribution in [0.25, 0.3) is 0 Å². The normalized spacial score (nSPS) is 11.7. The summed E-state index contributed by atoms with van der Waals surface area (Å²) in [7, 11) is 0. The van der Waals surface area contributed by atoms with Gasteiger partial charge in [0.25, 0.3) is 0 Å². The topological polar surface area (TPSA) is 66.4 Å². The predicted octanol–water partition coefficient (Wildman–Crippen LogP) is 2.35. The summed E-state index contributed by atoms with van der Waals surface area (Å²) in [4.78, 5) is 23.3. The monoisotopic (exact) mass is 297 g/mol. The first-order valence-corrected chi connectivity index (χ1v) is 7.16. The van der Waals surface area contributed by atoms with Crippen LogP contribution in [0.2, 0.25) is 0 Å². The molecule has 114 valence electrons. The van der Waals surface area contributed by atoms with E-state index < -0.39 is 12.0 Å². The van der Waals surface area contributed by atoms with Crippen molar-refractivity contribution in [2.75, 3.05) is 0 Å². The molecular weight excluding hydrogens is 278 g/mol. The van der Waals surface area contributed by atoms with Gasteiger partial charge in [-0.25, -0.2) is 4.79 Å². The highest BCUT2D eigenvalue weighted by Crippen LogP contribution is 2.07. The molecule has 0 unspecified atom stereocenters. The lowest BCUT2D eigenvalue weighted by Crippen LogP contribution is -2.43. The van der Waals surface area contributed by atoms with E-state index in [0.29, 0.717) is 0 Å². The number of nitrogens with one attached hydrogen (secondary N) is 1. The molecule has 0 radical (unpaired) electrons. The summed E-state index contributed by atoms with van der Waals surface area (Å²) in [6, 6.07) is 16.0. The molecule has 0 aliphatic rings. The van der Waals surface area contributed by atoms with Crippen molar-refractivity contribution in [3.8, 4) is 0 Å². The van der Waals surface area contributed by atoms with Gasteiger partial charge in [0, 0.05) is 6.42 Å². The average molecular weight is 297 g/mol. The van der Waals surface area contributed by atoms with Crippen molar-refractivity contribution in [3.05, 3.63) is 71.3 Å². The van der Waals surface area contributed by atoms with E-state index in [2.05, 4.69) is 5.32 Å². The van der Waals surface area contributed by atoms with Crippen molar-refractivity contribution in [2.45, 2.75) is 25.8 Å². The Labute approximate surface area is 129 Å². The molecule has 0 aliphatic heterocycles. The second-order valence-corrected chi connectivity index (χ2v) is 5.31. The molecule has 0 aromatic heterocycles. The number of rotatable bonds is 6. The zero-order valence-electron chi connectivity index (χ0n) is 12.5. The Balaban J connectivity index is 1.98. The summed E-state index contributed by atoms with van der Waals surface area (Å²) >= 11 is 0. The van der Waals surface area contributed by atoms with Gasteiger partial charge in [-0.3, -0.25) is 4.79 Å². The molecule has 0 bridgehead atoms. The molecule has 0 aliphatic carbocycles. The van der Waals surface area contributed by atoms with Gasteiger partial charge in [-0.15, -0.1) is 0 Å². The highest BCUT2D eigenvalue weighted by atomic mass is 16.4. The van der Waals surface area contributed by atoms with Crippen molar-refractivity contribution < 1.29 is 14.7 Å². The van der Waals surface area contributed by atoms with Gasteiger partial charge >= 0.3 is 5.97 Å². The van der Waals surface area contributed by atoms with E-state index in [4.69, 9.17) is 0 Å². The average Bonchev–Trinajstić information content (AvgIpc) is 2.49. The number of carbonyl (C=O) groups excluding carboxylic acids is 1. The van der Waals surface area contributed by atoms with E-state index >= 15 is 0 Å². The van der Waals surface area contributed by atoms with Crippen molar-refractivity contribution in [3.63, 3.8) is 0 Å². The molecular formula is C18H19NO3. The molecule has 4 heteroatoms. The Kier molecular flexibility index (Phi) is 5.31. The van der Waals surface area contributed by atoms with Crippen LogP contribution in [0.3, 0.4) is 0 Å². The van der Waals surface area contributed by atoms with Crippen LogP contribution in [0.1, 0.15) is 16.7 Å². The third-order valence-corrected chi connectivity index (χ3v) is 3.40. The number of aliphatic carboxylic acids is 1. The summed E-state index contributed by atoms with van der Waals surface area (Å²) in [6.07, 6.45) is 0.453. The van der Waals surface area contributed by atoms with Crippen molar-refractivity contribution in [1.29, 1.82) is 0 Å². The lowest BCUT2D eigenvalue weighted by Gasteiger charge is -2.15. The Hall–Kier alpha value is -2.62. The number of carboxylic acid groups (broad SMARTS) is 1. The predicted molar refractivity (Wildman–Crippen MR) is 84.6 cm³/mol. The van der Waals surface area contributed by atoms with E-state index in [1.807, 2.05) is 61.5 Å². The molecule has 0 heterocycles. The maximum absolute atomic E-state index is 12.0. The third-order valence-electron chi connectivity index (χ3n) is 3.40. The third kappa shape index (κ3) is 4.74. The van der Waals surface area contributed by atoms with Crippen LogP contribution in [0, 0.1) is 6.92 Å². The summed E-state index contributed by atoms with van der Waals surface area (Å²) < 4.78 is 0. The molecule has 0 saturated heterocycles. The maximum atomic E-state index is 12.0. The van der Waals surface area contributed by atoms with Gasteiger partial charge in [0.1, 0.15) is 6.04 Å². The Morgan fingerprint density at radius 1 is 1.00 bits per heavy atom. The number of carboxylic acids is 1. The van der Waals surface area contributed by atoms with Crippen LogP contribution < -0.4 is 5.32 Å². The van der Waals surface area contributed by atoms with Crippen molar-refractivity contribution >= 4 is 11.9 Å². The molecule has 2 aromatic rings. The zero-order chi connectivity index (χ0) is 15.9. The summed E-state index contributed by atoms with van der Waals surface area (Å²) in [5.41, 5.74) is 2.86. The molecule has 2 aromatic carbocycles. The molecule has 4 nitrogen and oxygen atoms in total. The molecule has 0 spiro atoms. The molecule has 2 rings (SSSR count). The van der Waals surface area contributed by atoms with Gasteiger partial charge in [0.15, 0.2) is 0 Å². The largest absolute Gasteiger partial charge is 0.480 e. The molecule has 1 amide bonds. The number of hydrogen-bond donors (Lipinski definition) is 2. The fraction of sp³-hybridized carbons (Fsp3) is 0.222. The Morgan fingerprint density at radius 3 is 2.23 bits per heavy atom. The summed E-state index contributed by atoms with van der Waals surface area (Å²) in [5, 5.41) is 11.9. The second kappa shape index (κ2) is 7.41. The second-order valence-electron chi connectivity index (χ2n) is 5.31. The molecule has 0 saturated carbocycles. The summed E-state index contributed by atoms with van der Waals surface area (Å²) in [6.45, 7) is 1.97.